The van der Waals surface area contributed by atoms with Gasteiger partial charge in [-0.05, 0) is 52.2 Å². The average Bonchev–Trinajstić information content (AvgIpc) is 2.13. The molecule has 0 radical (unpaired) electrons. The number of nitrogens with zero attached hydrogens (tertiary/aromatic N) is 1. The molecule has 1 N–H and O–H groups in total. The highest BCUT2D eigenvalue weighted by atomic mass is 35.5. The van der Waals surface area contributed by atoms with Crippen LogP contribution in [0.4, 0.5) is 0 Å². The van der Waals surface area contributed by atoms with Crippen LogP contribution in [-0.4, -0.2) is 42.6 Å². The summed E-state index contributed by atoms with van der Waals surface area (Å²) in [7, 11) is 2.15. The van der Waals surface area contributed by atoms with Gasteiger partial charge in [0.15, 0.2) is 0 Å². The summed E-state index contributed by atoms with van der Waals surface area (Å²) in [5.41, 5.74) is 0. The summed E-state index contributed by atoms with van der Waals surface area (Å²) in [6, 6.07) is 0. The van der Waals surface area contributed by atoms with E-state index in [9.17, 15) is 0 Å². The van der Waals surface area contributed by atoms with Crippen LogP contribution < -0.4 is 0 Å². The van der Waals surface area contributed by atoms with Gasteiger partial charge in [0.1, 0.15) is 0 Å². The summed E-state index contributed by atoms with van der Waals surface area (Å²) in [6.07, 6.45) is 5.58. The van der Waals surface area contributed by atoms with Gasteiger partial charge in [-0.15, -0.1) is 11.6 Å². The minimum absolute atomic E-state index is 0.329. The molecule has 0 heterocycles. The molecule has 0 bridgehead atoms. The van der Waals surface area contributed by atoms with E-state index in [0.717, 1.165) is 38.2 Å². The molecule has 0 atom stereocenters. The molecule has 0 unspecified atom stereocenters. The van der Waals surface area contributed by atoms with Gasteiger partial charge >= 0.3 is 0 Å². The molecule has 0 aliphatic rings. The molecule has 2 nitrogen and oxygen atoms in total. The third-order valence-corrected chi connectivity index (χ3v) is 2.39. The fourth-order valence-electron chi connectivity index (χ4n) is 1.26. The fraction of sp³-hybridized carbons (Fsp3) is 1.00. The van der Waals surface area contributed by atoms with E-state index < -0.39 is 0 Å². The highest BCUT2D eigenvalue weighted by Gasteiger charge is 1.97. The van der Waals surface area contributed by atoms with Crippen molar-refractivity contribution < 1.29 is 5.11 Å². The SMILES string of the molecule is CN(CCCCCl)CCCCCO. The molecule has 0 saturated heterocycles. The molecule has 0 aliphatic carbocycles. The maximum Gasteiger partial charge on any atom is 0.0431 e. The summed E-state index contributed by atoms with van der Waals surface area (Å²) in [5, 5.41) is 8.58. The summed E-state index contributed by atoms with van der Waals surface area (Å²) < 4.78 is 0. The highest BCUT2D eigenvalue weighted by Crippen LogP contribution is 1.99. The zero-order valence-corrected chi connectivity index (χ0v) is 9.39. The topological polar surface area (TPSA) is 23.5 Å². The van der Waals surface area contributed by atoms with Gasteiger partial charge in [0.25, 0.3) is 0 Å². The third-order valence-electron chi connectivity index (χ3n) is 2.12. The van der Waals surface area contributed by atoms with E-state index in [0.29, 0.717) is 6.61 Å². The molecular weight excluding hydrogens is 186 g/mol. The predicted octanol–water partition coefficient (Wildman–Crippen LogP) is 2.10. The Hall–Kier alpha value is 0.210. The number of halogens is 1. The van der Waals surface area contributed by atoms with Crippen molar-refractivity contribution in [1.82, 2.24) is 4.90 Å². The minimum Gasteiger partial charge on any atom is -0.396 e. The van der Waals surface area contributed by atoms with E-state index in [1.165, 1.54) is 12.8 Å². The van der Waals surface area contributed by atoms with Crippen molar-refractivity contribution in [3.05, 3.63) is 0 Å². The Kier molecular flexibility index (Phi) is 10.5. The van der Waals surface area contributed by atoms with Gasteiger partial charge in [0, 0.05) is 12.5 Å². The van der Waals surface area contributed by atoms with Crippen LogP contribution in [0.2, 0.25) is 0 Å². The maximum atomic E-state index is 8.58. The summed E-state index contributed by atoms with van der Waals surface area (Å²) >= 11 is 5.58. The maximum absolute atomic E-state index is 8.58. The molecule has 0 saturated carbocycles. The van der Waals surface area contributed by atoms with E-state index in [1.807, 2.05) is 0 Å². The smallest absolute Gasteiger partial charge is 0.0431 e. The lowest BCUT2D eigenvalue weighted by Crippen LogP contribution is -2.21. The van der Waals surface area contributed by atoms with Crippen LogP contribution >= 0.6 is 11.6 Å². The van der Waals surface area contributed by atoms with Gasteiger partial charge in [-0.25, -0.2) is 0 Å². The summed E-state index contributed by atoms with van der Waals surface area (Å²) in [6.45, 7) is 2.62. The minimum atomic E-state index is 0.329. The number of rotatable bonds is 9. The number of aliphatic hydroxyl groups is 1. The molecular formula is C10H22ClNO. The van der Waals surface area contributed by atoms with Gasteiger partial charge in [-0.2, -0.15) is 0 Å². The summed E-state index contributed by atoms with van der Waals surface area (Å²) in [5.74, 6) is 0.776. The van der Waals surface area contributed by atoms with Gasteiger partial charge in [0.05, 0.1) is 0 Å². The molecule has 0 spiro atoms. The van der Waals surface area contributed by atoms with Crippen molar-refractivity contribution in [1.29, 1.82) is 0 Å². The van der Waals surface area contributed by atoms with Crippen molar-refractivity contribution >= 4 is 11.6 Å². The molecule has 80 valence electrons. The standard InChI is InChI=1S/C10H22ClNO/c1-12(9-5-3-7-11)8-4-2-6-10-13/h13H,2-10H2,1H3. The molecule has 13 heavy (non-hydrogen) atoms. The lowest BCUT2D eigenvalue weighted by atomic mass is 10.2. The second-order valence-electron chi connectivity index (χ2n) is 3.48. The fourth-order valence-corrected chi connectivity index (χ4v) is 1.45. The van der Waals surface area contributed by atoms with E-state index >= 15 is 0 Å². The monoisotopic (exact) mass is 207 g/mol. The number of unbranched alkanes of at least 4 members (excludes halogenated alkanes) is 3. The van der Waals surface area contributed by atoms with Crippen molar-refractivity contribution in [3.63, 3.8) is 0 Å². The molecule has 3 heteroatoms. The van der Waals surface area contributed by atoms with Crippen molar-refractivity contribution in [2.45, 2.75) is 32.1 Å². The molecule has 0 aromatic heterocycles. The summed E-state index contributed by atoms with van der Waals surface area (Å²) in [4.78, 5) is 2.34. The molecule has 0 rings (SSSR count). The van der Waals surface area contributed by atoms with Crippen molar-refractivity contribution in [2.75, 3.05) is 32.6 Å². The van der Waals surface area contributed by atoms with Crippen LogP contribution in [0.5, 0.6) is 0 Å². The van der Waals surface area contributed by atoms with E-state index in [4.69, 9.17) is 16.7 Å². The predicted molar refractivity (Wildman–Crippen MR) is 58.4 cm³/mol. The van der Waals surface area contributed by atoms with E-state index in [-0.39, 0.29) is 0 Å². The first kappa shape index (κ1) is 13.2. The Morgan fingerprint density at radius 3 is 2.15 bits per heavy atom. The Morgan fingerprint density at radius 1 is 1.00 bits per heavy atom. The molecule has 0 fully saturated rings. The third kappa shape index (κ3) is 10.1. The van der Waals surface area contributed by atoms with Gasteiger partial charge < -0.3 is 10.0 Å². The normalized spacial score (nSPS) is 11.1. The largest absolute Gasteiger partial charge is 0.396 e. The highest BCUT2D eigenvalue weighted by molar-refractivity contribution is 6.17. The van der Waals surface area contributed by atoms with Gasteiger partial charge in [-0.1, -0.05) is 0 Å². The van der Waals surface area contributed by atoms with Crippen molar-refractivity contribution in [3.8, 4) is 0 Å². The number of aliphatic hydroxyl groups excluding tert-OH is 1. The zero-order chi connectivity index (χ0) is 9.94. The van der Waals surface area contributed by atoms with Gasteiger partial charge in [0.2, 0.25) is 0 Å². The van der Waals surface area contributed by atoms with Crippen LogP contribution in [-0.2, 0) is 0 Å². The first-order valence-electron chi connectivity index (χ1n) is 5.16. The van der Waals surface area contributed by atoms with Crippen LogP contribution in [0, 0.1) is 0 Å². The number of hydrogen-bond acceptors (Lipinski definition) is 2. The van der Waals surface area contributed by atoms with E-state index in [2.05, 4.69) is 11.9 Å². The quantitative estimate of drug-likeness (QED) is 0.463. The van der Waals surface area contributed by atoms with Crippen LogP contribution in [0.15, 0.2) is 0 Å². The van der Waals surface area contributed by atoms with Gasteiger partial charge in [-0.3, -0.25) is 0 Å². The lowest BCUT2D eigenvalue weighted by molar-refractivity contribution is 0.272. The molecule has 0 aromatic carbocycles. The first-order valence-corrected chi connectivity index (χ1v) is 5.70. The second-order valence-corrected chi connectivity index (χ2v) is 3.86. The lowest BCUT2D eigenvalue weighted by Gasteiger charge is -2.15. The molecule has 0 aromatic rings. The zero-order valence-electron chi connectivity index (χ0n) is 8.64. The van der Waals surface area contributed by atoms with Crippen molar-refractivity contribution in [2.24, 2.45) is 0 Å². The Morgan fingerprint density at radius 2 is 1.62 bits per heavy atom. The Labute approximate surface area is 86.9 Å². The van der Waals surface area contributed by atoms with E-state index in [1.54, 1.807) is 0 Å². The second kappa shape index (κ2) is 10.3. The number of hydrogen-bond donors (Lipinski definition) is 1. The molecule has 0 aliphatic heterocycles. The van der Waals surface area contributed by atoms with Crippen LogP contribution in [0.3, 0.4) is 0 Å². The van der Waals surface area contributed by atoms with Crippen LogP contribution in [0.25, 0.3) is 0 Å². The first-order chi connectivity index (χ1) is 6.31. The number of alkyl halides is 1. The Balaban J connectivity index is 3.05. The Bertz CT molecular complexity index is 101. The average molecular weight is 208 g/mol. The van der Waals surface area contributed by atoms with Crippen LogP contribution in [0.1, 0.15) is 32.1 Å². The molecule has 0 amide bonds.